The third kappa shape index (κ3) is 2.30. The van der Waals surface area contributed by atoms with Crippen LogP contribution in [0.25, 0.3) is 11.2 Å². The Morgan fingerprint density at radius 3 is 2.59 bits per heavy atom. The number of hydrogen-bond acceptors (Lipinski definition) is 5. The Kier molecular flexibility index (Phi) is 3.41. The minimum atomic E-state index is 0.275. The number of aromatic amines is 1. The second-order valence-corrected chi connectivity index (χ2v) is 3.99. The first-order chi connectivity index (χ1) is 8.26. The van der Waals surface area contributed by atoms with Gasteiger partial charge in [0.2, 0.25) is 5.95 Å². The number of aromatic nitrogens is 4. The average Bonchev–Trinajstić information content (AvgIpc) is 2.75. The van der Waals surface area contributed by atoms with Crippen LogP contribution in [0, 0.1) is 0 Å². The number of H-pyrrole nitrogens is 1. The highest BCUT2D eigenvalue weighted by molar-refractivity contribution is 5.84. The van der Waals surface area contributed by atoms with E-state index in [0.717, 1.165) is 37.3 Å². The second-order valence-electron chi connectivity index (χ2n) is 3.99. The molecule has 0 aromatic carbocycles. The Balaban J connectivity index is 2.46. The zero-order chi connectivity index (χ0) is 12.3. The Morgan fingerprint density at radius 2 is 1.94 bits per heavy atom. The van der Waals surface area contributed by atoms with Crippen molar-refractivity contribution >= 4 is 22.9 Å². The number of imidazole rings is 1. The summed E-state index contributed by atoms with van der Waals surface area (Å²) in [6.07, 6.45) is 3.76. The maximum absolute atomic E-state index is 5.71. The van der Waals surface area contributed by atoms with Gasteiger partial charge in [0, 0.05) is 13.1 Å². The van der Waals surface area contributed by atoms with Gasteiger partial charge in [-0.15, -0.1) is 0 Å². The van der Waals surface area contributed by atoms with Gasteiger partial charge >= 0.3 is 0 Å². The normalized spacial score (nSPS) is 10.9. The molecule has 2 aromatic rings. The lowest BCUT2D eigenvalue weighted by atomic mass is 10.3. The predicted molar refractivity (Wildman–Crippen MR) is 68.9 cm³/mol. The molecule has 0 saturated carbocycles. The van der Waals surface area contributed by atoms with Crippen LogP contribution in [-0.4, -0.2) is 33.0 Å². The van der Waals surface area contributed by atoms with Gasteiger partial charge in [0.05, 0.1) is 6.33 Å². The molecule has 0 fully saturated rings. The van der Waals surface area contributed by atoms with Crippen molar-refractivity contribution in [3.8, 4) is 0 Å². The highest BCUT2D eigenvalue weighted by atomic mass is 15.2. The Hall–Kier alpha value is -1.85. The van der Waals surface area contributed by atoms with Gasteiger partial charge in [0.25, 0.3) is 0 Å². The van der Waals surface area contributed by atoms with Crippen molar-refractivity contribution < 1.29 is 0 Å². The van der Waals surface area contributed by atoms with Crippen molar-refractivity contribution in [2.24, 2.45) is 0 Å². The molecule has 0 aliphatic carbocycles. The van der Waals surface area contributed by atoms with Gasteiger partial charge in [-0.1, -0.05) is 13.8 Å². The smallest absolute Gasteiger partial charge is 0.224 e. The highest BCUT2D eigenvalue weighted by Crippen LogP contribution is 2.22. The summed E-state index contributed by atoms with van der Waals surface area (Å²) >= 11 is 0. The molecule has 0 spiro atoms. The number of nitrogen functional groups attached to an aromatic ring is 1. The van der Waals surface area contributed by atoms with Gasteiger partial charge < -0.3 is 15.6 Å². The number of hydrogen-bond donors (Lipinski definition) is 2. The molecule has 0 aliphatic rings. The molecule has 0 radical (unpaired) electrons. The molecule has 6 nitrogen and oxygen atoms in total. The van der Waals surface area contributed by atoms with Gasteiger partial charge in [0.1, 0.15) is 5.52 Å². The van der Waals surface area contributed by atoms with Crippen LogP contribution in [0.15, 0.2) is 6.33 Å². The summed E-state index contributed by atoms with van der Waals surface area (Å²) in [5, 5.41) is 0. The molecular formula is C11H18N6. The maximum atomic E-state index is 5.71. The summed E-state index contributed by atoms with van der Waals surface area (Å²) in [5.74, 6) is 1.13. The Bertz CT molecular complexity index is 486. The number of rotatable bonds is 5. The summed E-state index contributed by atoms with van der Waals surface area (Å²) < 4.78 is 0. The average molecular weight is 234 g/mol. The number of anilines is 2. The van der Waals surface area contributed by atoms with Crippen LogP contribution in [0.1, 0.15) is 26.7 Å². The first-order valence-electron chi connectivity index (χ1n) is 5.97. The highest BCUT2D eigenvalue weighted by Gasteiger charge is 2.14. The van der Waals surface area contributed by atoms with Crippen LogP contribution in [0.5, 0.6) is 0 Å². The topological polar surface area (TPSA) is 83.7 Å². The quantitative estimate of drug-likeness (QED) is 0.820. The predicted octanol–water partition coefficient (Wildman–Crippen LogP) is 1.56. The summed E-state index contributed by atoms with van der Waals surface area (Å²) in [6.45, 7) is 6.21. The molecule has 2 rings (SSSR count). The molecule has 3 N–H and O–H groups in total. The molecule has 2 heterocycles. The van der Waals surface area contributed by atoms with Crippen LogP contribution in [0.2, 0.25) is 0 Å². The van der Waals surface area contributed by atoms with E-state index in [1.165, 1.54) is 0 Å². The van der Waals surface area contributed by atoms with E-state index in [4.69, 9.17) is 5.73 Å². The van der Waals surface area contributed by atoms with Crippen LogP contribution < -0.4 is 10.6 Å². The van der Waals surface area contributed by atoms with E-state index in [-0.39, 0.29) is 5.95 Å². The van der Waals surface area contributed by atoms with Gasteiger partial charge in [-0.05, 0) is 12.8 Å². The molecule has 0 bridgehead atoms. The van der Waals surface area contributed by atoms with Gasteiger partial charge in [-0.25, -0.2) is 4.98 Å². The fourth-order valence-electron chi connectivity index (χ4n) is 1.93. The van der Waals surface area contributed by atoms with Crippen molar-refractivity contribution in [2.45, 2.75) is 26.7 Å². The minimum absolute atomic E-state index is 0.275. The lowest BCUT2D eigenvalue weighted by Gasteiger charge is -2.22. The van der Waals surface area contributed by atoms with E-state index in [0.29, 0.717) is 5.65 Å². The molecular weight excluding hydrogens is 216 g/mol. The summed E-state index contributed by atoms with van der Waals surface area (Å²) in [4.78, 5) is 17.9. The molecule has 0 atom stereocenters. The zero-order valence-corrected chi connectivity index (χ0v) is 10.3. The summed E-state index contributed by atoms with van der Waals surface area (Å²) in [6, 6.07) is 0. The zero-order valence-electron chi connectivity index (χ0n) is 10.3. The van der Waals surface area contributed by atoms with Crippen LogP contribution in [0.3, 0.4) is 0 Å². The number of nitrogens with zero attached hydrogens (tertiary/aromatic N) is 4. The van der Waals surface area contributed by atoms with Crippen molar-refractivity contribution in [3.05, 3.63) is 6.33 Å². The second kappa shape index (κ2) is 4.99. The van der Waals surface area contributed by atoms with E-state index in [1.54, 1.807) is 6.33 Å². The molecule has 2 aromatic heterocycles. The molecule has 17 heavy (non-hydrogen) atoms. The molecule has 6 heteroatoms. The van der Waals surface area contributed by atoms with Gasteiger partial charge in [-0.2, -0.15) is 9.97 Å². The molecule has 92 valence electrons. The summed E-state index contributed by atoms with van der Waals surface area (Å²) in [7, 11) is 0. The largest absolute Gasteiger partial charge is 0.368 e. The monoisotopic (exact) mass is 234 g/mol. The minimum Gasteiger partial charge on any atom is -0.368 e. The van der Waals surface area contributed by atoms with Crippen LogP contribution in [0.4, 0.5) is 11.8 Å². The van der Waals surface area contributed by atoms with E-state index in [2.05, 4.69) is 38.7 Å². The van der Waals surface area contributed by atoms with E-state index >= 15 is 0 Å². The fourth-order valence-corrected chi connectivity index (χ4v) is 1.93. The number of nitrogens with two attached hydrogens (primary N) is 1. The van der Waals surface area contributed by atoms with Gasteiger partial charge in [0.15, 0.2) is 11.5 Å². The molecule has 0 saturated heterocycles. The maximum Gasteiger partial charge on any atom is 0.224 e. The Labute approximate surface area is 100 Å². The number of nitrogens with one attached hydrogen (secondary N) is 1. The third-order valence-corrected chi connectivity index (χ3v) is 2.57. The SMILES string of the molecule is CCCN(CCC)c1nc(N)nc2nc[nH]c12. The van der Waals surface area contributed by atoms with Crippen molar-refractivity contribution in [2.75, 3.05) is 23.7 Å². The van der Waals surface area contributed by atoms with Crippen molar-refractivity contribution in [3.63, 3.8) is 0 Å². The van der Waals surface area contributed by atoms with Crippen LogP contribution >= 0.6 is 0 Å². The summed E-state index contributed by atoms with van der Waals surface area (Å²) in [5.41, 5.74) is 7.20. The molecule has 0 amide bonds. The third-order valence-electron chi connectivity index (χ3n) is 2.57. The van der Waals surface area contributed by atoms with Gasteiger partial charge in [-0.3, -0.25) is 0 Å². The van der Waals surface area contributed by atoms with E-state index in [1.807, 2.05) is 0 Å². The van der Waals surface area contributed by atoms with E-state index < -0.39 is 0 Å². The standard InChI is InChI=1S/C11H18N6/c1-3-5-17(6-4-2)10-8-9(14-7-13-8)15-11(12)16-10/h7H,3-6H2,1-2H3,(H3,12,13,14,15,16). The van der Waals surface area contributed by atoms with Crippen molar-refractivity contribution in [1.82, 2.24) is 19.9 Å². The Morgan fingerprint density at radius 1 is 1.24 bits per heavy atom. The van der Waals surface area contributed by atoms with E-state index in [9.17, 15) is 0 Å². The number of fused-ring (bicyclic) bond motifs is 1. The van der Waals surface area contributed by atoms with Crippen molar-refractivity contribution in [1.29, 1.82) is 0 Å². The van der Waals surface area contributed by atoms with Crippen LogP contribution in [-0.2, 0) is 0 Å². The first kappa shape index (κ1) is 11.6. The molecule has 0 unspecified atom stereocenters. The lowest BCUT2D eigenvalue weighted by molar-refractivity contribution is 0.736. The molecule has 0 aliphatic heterocycles. The first-order valence-corrected chi connectivity index (χ1v) is 5.97. The fraction of sp³-hybridized carbons (Fsp3) is 0.545. The lowest BCUT2D eigenvalue weighted by Crippen LogP contribution is -2.26.